The van der Waals surface area contributed by atoms with Crippen LogP contribution in [0.2, 0.25) is 0 Å². The number of hydrogen-bond acceptors (Lipinski definition) is 13. The summed E-state index contributed by atoms with van der Waals surface area (Å²) in [6, 6.07) is -10.1. The quantitative estimate of drug-likeness (QED) is 0.128. The number of alkyl halides is 4. The number of nitrogens with one attached hydrogen (secondary N) is 3. The molecule has 0 aromatic rings. The lowest BCUT2D eigenvalue weighted by Gasteiger charge is -2.54. The van der Waals surface area contributed by atoms with E-state index in [-0.39, 0.29) is 109 Å². The van der Waals surface area contributed by atoms with E-state index in [1.807, 2.05) is 47.6 Å². The highest BCUT2D eigenvalue weighted by atomic mass is 35.5. The zero-order valence-electron chi connectivity index (χ0n) is 66.7. The SMILES string of the molecule is CCC[C@H]1C(=O)N[C@@H](C2CCCCC2)C(=O)N(C)CC(=O)N(C)[C@H]2C/C=C\CCN(C2=O)[C@@H](CC2CCC(C)CC2)C(=O)N(C)CC(=O)N[C@@H](CCC2CCC(C(F)(F)F)C(Cl)C2)C(=O)N2C[C@H](OCC)C[C@H]2C(=O)NC2(CC(C)(C)C2)C(=O)N(C)[C@@H](CC(C)(C)C)C(=O)N(C)[C@H](C(=O)N(C)C)CC(=O)N1C. The second kappa shape index (κ2) is 37.4. The maximum atomic E-state index is 15.8. The second-order valence-electron chi connectivity index (χ2n) is 34.6. The Balaban J connectivity index is 1.33. The van der Waals surface area contributed by atoms with Gasteiger partial charge in [0, 0.05) is 87.9 Å². The van der Waals surface area contributed by atoms with Gasteiger partial charge < -0.3 is 64.8 Å². The van der Waals surface area contributed by atoms with E-state index < -0.39 is 185 Å². The number of likely N-dealkylation sites (N-methyl/N-ethyl adjacent to an activating group) is 7. The van der Waals surface area contributed by atoms with E-state index in [0.717, 1.165) is 49.8 Å². The zero-order valence-corrected chi connectivity index (χ0v) is 67.4. The van der Waals surface area contributed by atoms with Gasteiger partial charge in [-0.15, -0.1) is 11.6 Å². The number of rotatable bonds is 12. The van der Waals surface area contributed by atoms with Crippen LogP contribution in [0.5, 0.6) is 0 Å². The van der Waals surface area contributed by atoms with Gasteiger partial charge in [-0.1, -0.05) is 112 Å². The van der Waals surface area contributed by atoms with E-state index in [4.69, 9.17) is 16.3 Å². The summed E-state index contributed by atoms with van der Waals surface area (Å²) in [6.07, 6.45) is 5.92. The monoisotopic (exact) mass is 1530 g/mol. The first-order chi connectivity index (χ1) is 50.0. The summed E-state index contributed by atoms with van der Waals surface area (Å²) in [5, 5.41) is 7.70. The lowest BCUT2D eigenvalue weighted by atomic mass is 9.58. The molecule has 4 aliphatic carbocycles. The average molecular weight is 1530 g/mol. The van der Waals surface area contributed by atoms with Crippen LogP contribution in [-0.2, 0) is 62.3 Å². The second-order valence-corrected chi connectivity index (χ2v) is 35.1. The lowest BCUT2D eigenvalue weighted by Crippen LogP contribution is -2.71. The van der Waals surface area contributed by atoms with Gasteiger partial charge in [0.2, 0.25) is 70.9 Å². The number of carbonyl (C=O) groups is 12. The molecule has 3 aliphatic heterocycles. The molecule has 25 nitrogen and oxygen atoms in total. The number of nitrogens with zero attached hydrogens (tertiary/aromatic N) is 9. The first-order valence-corrected chi connectivity index (χ1v) is 39.7. The molecule has 29 heteroatoms. The van der Waals surface area contributed by atoms with Gasteiger partial charge in [0.1, 0.15) is 53.9 Å². The van der Waals surface area contributed by atoms with Crippen molar-refractivity contribution in [3.63, 3.8) is 0 Å². The molecule has 604 valence electrons. The summed E-state index contributed by atoms with van der Waals surface area (Å²) in [5.74, 6) is -9.93. The molecule has 12 atom stereocenters. The summed E-state index contributed by atoms with van der Waals surface area (Å²) < 4.78 is 48.6. The smallest absolute Gasteiger partial charge is 0.377 e. The minimum Gasteiger partial charge on any atom is -0.377 e. The molecule has 0 aromatic carbocycles. The van der Waals surface area contributed by atoms with Crippen molar-refractivity contribution in [3.05, 3.63) is 12.2 Å². The summed E-state index contributed by atoms with van der Waals surface area (Å²) in [4.78, 5) is 194. The van der Waals surface area contributed by atoms with Crippen LogP contribution in [0.4, 0.5) is 13.2 Å². The van der Waals surface area contributed by atoms with Gasteiger partial charge in [-0.25, -0.2) is 0 Å². The summed E-state index contributed by atoms with van der Waals surface area (Å²) in [6.45, 7) is 14.2. The van der Waals surface area contributed by atoms with Crippen LogP contribution in [0.3, 0.4) is 0 Å². The molecule has 107 heavy (non-hydrogen) atoms. The third kappa shape index (κ3) is 22.4. The summed E-state index contributed by atoms with van der Waals surface area (Å²) in [5.41, 5.74) is -2.88. The highest BCUT2D eigenvalue weighted by Crippen LogP contribution is 2.50. The van der Waals surface area contributed by atoms with Gasteiger partial charge in [-0.3, -0.25) is 57.5 Å². The summed E-state index contributed by atoms with van der Waals surface area (Å²) >= 11 is 6.47. The third-order valence-corrected chi connectivity index (χ3v) is 24.4. The fourth-order valence-electron chi connectivity index (χ4n) is 17.8. The molecule has 2 bridgehead atoms. The number of fused-ring (bicyclic) bond motifs is 3. The van der Waals surface area contributed by atoms with Crippen molar-refractivity contribution in [3.8, 4) is 0 Å². The van der Waals surface area contributed by atoms with Crippen LogP contribution in [0, 0.1) is 40.4 Å². The minimum atomic E-state index is -4.53. The number of halogens is 4. The van der Waals surface area contributed by atoms with Gasteiger partial charge in [0.05, 0.1) is 31.5 Å². The maximum Gasteiger partial charge on any atom is 0.393 e. The Morgan fingerprint density at radius 1 is 0.654 bits per heavy atom. The number of hydrogen-bond donors (Lipinski definition) is 3. The molecule has 1 spiro atoms. The van der Waals surface area contributed by atoms with E-state index in [1.54, 1.807) is 13.0 Å². The van der Waals surface area contributed by atoms with Crippen molar-refractivity contribution in [2.45, 2.75) is 281 Å². The molecular formula is C78H126ClF3N12O13. The fourth-order valence-corrected chi connectivity index (χ4v) is 18.4. The first kappa shape index (κ1) is 87.6. The topological polar surface area (TPSA) is 279 Å². The van der Waals surface area contributed by atoms with Crippen molar-refractivity contribution >= 4 is 82.5 Å². The molecule has 0 radical (unpaired) electrons. The van der Waals surface area contributed by atoms with Gasteiger partial charge in [0.25, 0.3) is 0 Å². The van der Waals surface area contributed by atoms with Crippen LogP contribution >= 0.6 is 11.6 Å². The van der Waals surface area contributed by atoms with Crippen molar-refractivity contribution < 1.29 is 75.4 Å². The molecule has 6 fully saturated rings. The van der Waals surface area contributed by atoms with E-state index >= 15 is 33.6 Å². The Hall–Kier alpha value is -6.58. The molecule has 0 aromatic heterocycles. The standard InChI is InChI=1S/C78H126ClF3N12O13/c1-17-25-56-66(98)84-65(51-26-21-19-22-27-51)73(105)88(12)45-64(97)90(14)57-28-23-20-24-37-93(72(57)104)60(39-50-31-29-48(3)30-32-50)70(102)87(11)44-62(95)83-55(36-34-49-33-35-53(54(79)38-49)78(80,81)82)68(100)94-43-52(107-18-2)40-58(94)67(99)85-77(46-76(7,8)47-77)74(106)92(16)61(42-75(4,5)6)71(103)91(15)59(69(101)86(9)10)41-63(96)89(56)13/h20,23,48-61,65H,17-19,21-22,24-47H2,1-16H3,(H,83,95)(H,84,98)(H,85,99)/b23-20-/t48?,49?,50?,52-,53?,54?,55+,56+,57+,58+,59+,60+,61+,65+/m1/s1. The van der Waals surface area contributed by atoms with Gasteiger partial charge >= 0.3 is 6.18 Å². The maximum absolute atomic E-state index is 15.8. The fraction of sp³-hybridized carbons (Fsp3) is 0.821. The predicted molar refractivity (Wildman–Crippen MR) is 399 cm³/mol. The van der Waals surface area contributed by atoms with E-state index in [0.29, 0.717) is 31.6 Å². The van der Waals surface area contributed by atoms with Gasteiger partial charge in [-0.2, -0.15) is 13.2 Å². The molecule has 3 N–H and O–H groups in total. The molecule has 7 rings (SSSR count). The van der Waals surface area contributed by atoms with Crippen molar-refractivity contribution in [2.24, 2.45) is 40.4 Å². The van der Waals surface area contributed by atoms with Crippen LogP contribution < -0.4 is 16.0 Å². The molecule has 4 saturated carbocycles. The van der Waals surface area contributed by atoms with Gasteiger partial charge in [0.15, 0.2) is 0 Å². The number of ether oxygens (including phenoxy) is 1. The van der Waals surface area contributed by atoms with Crippen LogP contribution in [-0.4, -0.2) is 276 Å². The Morgan fingerprint density at radius 2 is 1.29 bits per heavy atom. The third-order valence-electron chi connectivity index (χ3n) is 23.9. The number of amides is 12. The Morgan fingerprint density at radius 3 is 1.88 bits per heavy atom. The normalized spacial score (nSPS) is 31.7. The highest BCUT2D eigenvalue weighted by molar-refractivity contribution is 6.21. The van der Waals surface area contributed by atoms with Crippen molar-refractivity contribution in [1.29, 1.82) is 0 Å². The lowest BCUT2D eigenvalue weighted by molar-refractivity contribution is -0.182. The zero-order chi connectivity index (χ0) is 79.5. The Kier molecular flexibility index (Phi) is 30.7. The largest absolute Gasteiger partial charge is 0.393 e. The van der Waals surface area contributed by atoms with E-state index in [1.165, 1.54) is 95.6 Å². The van der Waals surface area contributed by atoms with Crippen molar-refractivity contribution in [1.82, 2.24) is 60.0 Å². The van der Waals surface area contributed by atoms with Crippen LogP contribution in [0.25, 0.3) is 0 Å². The van der Waals surface area contributed by atoms with E-state index in [2.05, 4.69) is 22.9 Å². The molecular weight excluding hydrogens is 1410 g/mol. The predicted octanol–water partition coefficient (Wildman–Crippen LogP) is 7.30. The summed E-state index contributed by atoms with van der Waals surface area (Å²) in [7, 11) is 11.6. The molecule has 12 amide bonds. The average Bonchev–Trinajstić information content (AvgIpc) is 1.41. The van der Waals surface area contributed by atoms with Crippen LogP contribution in [0.15, 0.2) is 12.2 Å². The molecule has 2 saturated heterocycles. The van der Waals surface area contributed by atoms with Gasteiger partial charge in [-0.05, 0) is 131 Å². The minimum absolute atomic E-state index is 0.00508. The van der Waals surface area contributed by atoms with Crippen LogP contribution in [0.1, 0.15) is 209 Å². The molecule has 7 aliphatic rings. The Bertz CT molecular complexity index is 3200. The molecule has 3 unspecified atom stereocenters. The Labute approximate surface area is 637 Å². The number of carbonyl (C=O) groups excluding carboxylic acids is 12. The first-order valence-electron chi connectivity index (χ1n) is 39.3. The highest BCUT2D eigenvalue weighted by Gasteiger charge is 2.59. The van der Waals surface area contributed by atoms with Crippen molar-refractivity contribution in [2.75, 3.05) is 89.2 Å². The van der Waals surface area contributed by atoms with E-state index in [9.17, 15) is 37.1 Å². The molecule has 3 heterocycles.